The second-order valence-corrected chi connectivity index (χ2v) is 7.70. The Morgan fingerprint density at radius 1 is 0.963 bits per heavy atom. The maximum atomic E-state index is 6.57. The van der Waals surface area contributed by atoms with Gasteiger partial charge in [-0.2, -0.15) is 0 Å². The zero-order valence-corrected chi connectivity index (χ0v) is 15.9. The SMILES string of the molecule is Cc1ccc(-c2cc(-c3ncnc4[nH]ccc34)sc2-c2ncc[nH]2)c(Cl)c1. The molecule has 132 valence electrons. The summed E-state index contributed by atoms with van der Waals surface area (Å²) in [7, 11) is 0. The lowest BCUT2D eigenvalue weighted by Gasteiger charge is -2.05. The quantitative estimate of drug-likeness (QED) is 0.414. The first-order valence-electron chi connectivity index (χ1n) is 8.39. The molecule has 0 spiro atoms. The maximum absolute atomic E-state index is 6.57. The largest absolute Gasteiger partial charge is 0.346 e. The summed E-state index contributed by atoms with van der Waals surface area (Å²) in [4.78, 5) is 21.7. The van der Waals surface area contributed by atoms with E-state index >= 15 is 0 Å². The van der Waals surface area contributed by atoms with Gasteiger partial charge in [-0.1, -0.05) is 23.7 Å². The van der Waals surface area contributed by atoms with E-state index in [2.05, 4.69) is 43.1 Å². The molecule has 4 aromatic heterocycles. The van der Waals surface area contributed by atoms with Gasteiger partial charge in [0.25, 0.3) is 0 Å². The molecule has 5 aromatic rings. The lowest BCUT2D eigenvalue weighted by Crippen LogP contribution is -1.85. The molecule has 1 aromatic carbocycles. The molecule has 2 N–H and O–H groups in total. The monoisotopic (exact) mass is 391 g/mol. The topological polar surface area (TPSA) is 70.2 Å². The van der Waals surface area contributed by atoms with Crippen molar-refractivity contribution in [3.05, 3.63) is 65.8 Å². The number of imidazole rings is 1. The lowest BCUT2D eigenvalue weighted by molar-refractivity contribution is 1.21. The predicted octanol–water partition coefficient (Wildman–Crippen LogP) is 5.71. The van der Waals surface area contributed by atoms with Crippen LogP contribution in [0.4, 0.5) is 0 Å². The van der Waals surface area contributed by atoms with Crippen LogP contribution in [0.5, 0.6) is 0 Å². The van der Waals surface area contributed by atoms with Gasteiger partial charge >= 0.3 is 0 Å². The number of aryl methyl sites for hydroxylation is 1. The van der Waals surface area contributed by atoms with Crippen molar-refractivity contribution in [1.82, 2.24) is 24.9 Å². The number of rotatable bonds is 3. The van der Waals surface area contributed by atoms with Gasteiger partial charge in [-0.3, -0.25) is 0 Å². The third-order valence-corrected chi connectivity index (χ3v) is 5.91. The molecule has 0 aliphatic rings. The minimum Gasteiger partial charge on any atom is -0.346 e. The molecular weight excluding hydrogens is 378 g/mol. The fourth-order valence-electron chi connectivity index (χ4n) is 3.18. The van der Waals surface area contributed by atoms with Crippen LogP contribution in [0, 0.1) is 6.92 Å². The Hall–Kier alpha value is -2.96. The number of thiophene rings is 1. The average molecular weight is 392 g/mol. The minimum absolute atomic E-state index is 0.724. The van der Waals surface area contributed by atoms with Gasteiger partial charge in [-0.15, -0.1) is 11.3 Å². The Morgan fingerprint density at radius 2 is 1.89 bits per heavy atom. The molecule has 27 heavy (non-hydrogen) atoms. The van der Waals surface area contributed by atoms with Crippen LogP contribution in [0.3, 0.4) is 0 Å². The summed E-state index contributed by atoms with van der Waals surface area (Å²) in [6, 6.07) is 10.2. The molecule has 0 amide bonds. The summed E-state index contributed by atoms with van der Waals surface area (Å²) >= 11 is 8.21. The molecule has 5 rings (SSSR count). The van der Waals surface area contributed by atoms with Crippen LogP contribution in [0.1, 0.15) is 5.56 Å². The van der Waals surface area contributed by atoms with E-state index in [-0.39, 0.29) is 0 Å². The fourth-order valence-corrected chi connectivity index (χ4v) is 4.66. The molecule has 5 nitrogen and oxygen atoms in total. The zero-order valence-electron chi connectivity index (χ0n) is 14.3. The average Bonchev–Trinajstić information content (AvgIpc) is 3.40. The van der Waals surface area contributed by atoms with Crippen molar-refractivity contribution in [1.29, 1.82) is 0 Å². The minimum atomic E-state index is 0.724. The van der Waals surface area contributed by atoms with Crippen LogP contribution in [0.2, 0.25) is 5.02 Å². The second kappa shape index (κ2) is 6.33. The summed E-state index contributed by atoms with van der Waals surface area (Å²) in [6.45, 7) is 2.03. The Morgan fingerprint density at radius 3 is 2.70 bits per heavy atom. The van der Waals surface area contributed by atoms with Gasteiger partial charge in [0.15, 0.2) is 0 Å². The molecule has 4 heterocycles. The Bertz CT molecular complexity index is 1250. The van der Waals surface area contributed by atoms with Crippen LogP contribution in [-0.4, -0.2) is 24.9 Å². The molecule has 0 radical (unpaired) electrons. The molecule has 0 aliphatic heterocycles. The second-order valence-electron chi connectivity index (χ2n) is 6.24. The Labute approximate surface area is 164 Å². The summed E-state index contributed by atoms with van der Waals surface area (Å²) in [5.41, 5.74) is 4.87. The molecule has 0 fully saturated rings. The number of nitrogens with one attached hydrogen (secondary N) is 2. The number of nitrogens with zero attached hydrogens (tertiary/aromatic N) is 3. The van der Waals surface area contributed by atoms with Gasteiger partial charge in [0, 0.05) is 40.1 Å². The van der Waals surface area contributed by atoms with Crippen molar-refractivity contribution in [2.45, 2.75) is 6.92 Å². The molecular formula is C20H14ClN5S. The number of H-pyrrole nitrogens is 2. The van der Waals surface area contributed by atoms with Gasteiger partial charge in [0.2, 0.25) is 0 Å². The van der Waals surface area contributed by atoms with Crippen molar-refractivity contribution in [3.63, 3.8) is 0 Å². The smallest absolute Gasteiger partial charge is 0.148 e. The van der Waals surface area contributed by atoms with E-state index in [1.807, 2.05) is 31.5 Å². The number of benzene rings is 1. The molecule has 0 saturated heterocycles. The van der Waals surface area contributed by atoms with Crippen LogP contribution in [0.15, 0.2) is 55.2 Å². The predicted molar refractivity (Wildman–Crippen MR) is 110 cm³/mol. The summed E-state index contributed by atoms with van der Waals surface area (Å²) in [5.74, 6) is 0.817. The van der Waals surface area contributed by atoms with E-state index < -0.39 is 0 Å². The van der Waals surface area contributed by atoms with Crippen LogP contribution in [0.25, 0.3) is 43.4 Å². The van der Waals surface area contributed by atoms with E-state index in [0.29, 0.717) is 0 Å². The van der Waals surface area contributed by atoms with Gasteiger partial charge in [-0.05, 0) is 30.7 Å². The number of halogens is 1. The van der Waals surface area contributed by atoms with Gasteiger partial charge < -0.3 is 9.97 Å². The number of fused-ring (bicyclic) bond motifs is 1. The summed E-state index contributed by atoms with van der Waals surface area (Å²) in [5, 5.41) is 1.72. The van der Waals surface area contributed by atoms with Crippen LogP contribution < -0.4 is 0 Å². The summed E-state index contributed by atoms with van der Waals surface area (Å²) < 4.78 is 0. The number of hydrogen-bond acceptors (Lipinski definition) is 4. The molecule has 0 bridgehead atoms. The summed E-state index contributed by atoms with van der Waals surface area (Å²) in [6.07, 6.45) is 7.04. The van der Waals surface area contributed by atoms with Crippen molar-refractivity contribution < 1.29 is 0 Å². The highest BCUT2D eigenvalue weighted by Crippen LogP contribution is 2.44. The third-order valence-electron chi connectivity index (χ3n) is 4.45. The molecule has 0 saturated carbocycles. The van der Waals surface area contributed by atoms with E-state index in [1.54, 1.807) is 23.9 Å². The zero-order chi connectivity index (χ0) is 18.4. The number of aromatic amines is 2. The highest BCUT2D eigenvalue weighted by Gasteiger charge is 2.19. The van der Waals surface area contributed by atoms with Crippen molar-refractivity contribution in [3.8, 4) is 32.4 Å². The lowest BCUT2D eigenvalue weighted by atomic mass is 10.0. The van der Waals surface area contributed by atoms with Crippen molar-refractivity contribution in [2.75, 3.05) is 0 Å². The normalized spacial score (nSPS) is 11.3. The maximum Gasteiger partial charge on any atom is 0.148 e. The van der Waals surface area contributed by atoms with Crippen molar-refractivity contribution in [2.24, 2.45) is 0 Å². The van der Waals surface area contributed by atoms with Crippen LogP contribution >= 0.6 is 22.9 Å². The first-order valence-corrected chi connectivity index (χ1v) is 9.59. The van der Waals surface area contributed by atoms with Gasteiger partial charge in [-0.25, -0.2) is 15.0 Å². The van der Waals surface area contributed by atoms with Gasteiger partial charge in [0.1, 0.15) is 17.8 Å². The molecule has 0 unspecified atom stereocenters. The fraction of sp³-hybridized carbons (Fsp3) is 0.0500. The molecule has 7 heteroatoms. The first kappa shape index (κ1) is 16.2. The highest BCUT2D eigenvalue weighted by molar-refractivity contribution is 7.19. The number of aromatic nitrogens is 5. The standard InChI is InChI=1S/C20H14ClN5S/c1-11-2-3-12(15(21)8-11)14-9-16(27-18(14)20-23-6-7-24-20)17-13-4-5-22-19(13)26-10-25-17/h2-10H,1H3,(H,23,24)(H,22,25,26). The van der Waals surface area contributed by atoms with E-state index in [1.165, 1.54) is 0 Å². The Kier molecular flexibility index (Phi) is 3.81. The van der Waals surface area contributed by atoms with E-state index in [0.717, 1.165) is 54.0 Å². The van der Waals surface area contributed by atoms with E-state index in [4.69, 9.17) is 11.6 Å². The Balaban J connectivity index is 1.77. The van der Waals surface area contributed by atoms with Gasteiger partial charge in [0.05, 0.1) is 15.4 Å². The van der Waals surface area contributed by atoms with E-state index in [9.17, 15) is 0 Å². The molecule has 0 aliphatic carbocycles. The third kappa shape index (κ3) is 2.74. The number of hydrogen-bond donors (Lipinski definition) is 2. The molecule has 0 atom stereocenters. The van der Waals surface area contributed by atoms with Crippen LogP contribution in [-0.2, 0) is 0 Å². The van der Waals surface area contributed by atoms with Crippen molar-refractivity contribution >= 4 is 34.0 Å². The first-order chi connectivity index (χ1) is 13.2. The highest BCUT2D eigenvalue weighted by atomic mass is 35.5.